The van der Waals surface area contributed by atoms with Crippen molar-refractivity contribution in [1.29, 1.82) is 0 Å². The molecule has 0 unspecified atom stereocenters. The zero-order valence-corrected chi connectivity index (χ0v) is 20.3. The Hall–Kier alpha value is -4.71. The maximum Gasteiger partial charge on any atom is 0.417 e. The van der Waals surface area contributed by atoms with Crippen LogP contribution in [0.25, 0.3) is 49.7 Å². The van der Waals surface area contributed by atoms with Crippen molar-refractivity contribution >= 4 is 21.7 Å². The SMILES string of the molecule is Cc1cc(C(F)(F)F)c2cccnc2c1-n1c(-c2ccccc2)c(-c2ccccc2)c2ccccc2c1=O. The molecule has 0 saturated carbocycles. The second-order valence-corrected chi connectivity index (χ2v) is 9.13. The van der Waals surface area contributed by atoms with Gasteiger partial charge in [0.25, 0.3) is 5.56 Å². The highest BCUT2D eigenvalue weighted by Crippen LogP contribution is 2.42. The number of fused-ring (bicyclic) bond motifs is 2. The van der Waals surface area contributed by atoms with Crippen molar-refractivity contribution in [3.63, 3.8) is 0 Å². The molecule has 2 aromatic heterocycles. The van der Waals surface area contributed by atoms with Crippen molar-refractivity contribution in [3.8, 4) is 28.1 Å². The lowest BCUT2D eigenvalue weighted by atomic mass is 9.92. The van der Waals surface area contributed by atoms with E-state index in [-0.39, 0.29) is 16.5 Å². The van der Waals surface area contributed by atoms with E-state index >= 15 is 0 Å². The quantitative estimate of drug-likeness (QED) is 0.242. The fourth-order valence-corrected chi connectivity index (χ4v) is 5.21. The summed E-state index contributed by atoms with van der Waals surface area (Å²) in [6.45, 7) is 1.59. The molecule has 3 nitrogen and oxygen atoms in total. The third kappa shape index (κ3) is 3.77. The summed E-state index contributed by atoms with van der Waals surface area (Å²) in [7, 11) is 0. The van der Waals surface area contributed by atoms with E-state index in [1.165, 1.54) is 18.3 Å². The molecule has 0 radical (unpaired) electrons. The van der Waals surface area contributed by atoms with Crippen molar-refractivity contribution < 1.29 is 13.2 Å². The summed E-state index contributed by atoms with van der Waals surface area (Å²) in [5.41, 5.74) is 2.71. The molecular formula is C32H21F3N2O. The molecule has 0 aliphatic carbocycles. The Morgan fingerprint density at radius 1 is 0.711 bits per heavy atom. The Kier molecular flexibility index (Phi) is 5.60. The highest BCUT2D eigenvalue weighted by Gasteiger charge is 2.34. The van der Waals surface area contributed by atoms with Crippen molar-refractivity contribution in [2.45, 2.75) is 13.1 Å². The summed E-state index contributed by atoms with van der Waals surface area (Å²) in [5.74, 6) is 0. The van der Waals surface area contributed by atoms with Crippen LogP contribution in [0.4, 0.5) is 13.2 Å². The van der Waals surface area contributed by atoms with Gasteiger partial charge < -0.3 is 0 Å². The molecule has 6 rings (SSSR count). The second kappa shape index (κ2) is 8.99. The van der Waals surface area contributed by atoms with E-state index in [0.717, 1.165) is 28.1 Å². The number of alkyl halides is 3. The Morgan fingerprint density at radius 3 is 1.95 bits per heavy atom. The second-order valence-electron chi connectivity index (χ2n) is 9.13. The molecule has 0 atom stereocenters. The maximum atomic E-state index is 14.3. The van der Waals surface area contributed by atoms with Crippen molar-refractivity contribution in [1.82, 2.24) is 9.55 Å². The first-order valence-electron chi connectivity index (χ1n) is 12.1. The third-order valence-corrected chi connectivity index (χ3v) is 6.79. The van der Waals surface area contributed by atoms with Crippen LogP contribution in [0, 0.1) is 6.92 Å². The number of halogens is 3. The summed E-state index contributed by atoms with van der Waals surface area (Å²) in [5, 5.41) is 1.18. The molecule has 0 N–H and O–H groups in total. The summed E-state index contributed by atoms with van der Waals surface area (Å²) in [6.07, 6.45) is -3.12. The van der Waals surface area contributed by atoms with E-state index in [0.29, 0.717) is 22.3 Å². The minimum absolute atomic E-state index is 0.0547. The number of aryl methyl sites for hydroxylation is 1. The lowest BCUT2D eigenvalue weighted by molar-refractivity contribution is -0.136. The highest BCUT2D eigenvalue weighted by molar-refractivity contribution is 6.04. The molecule has 0 spiro atoms. The first-order chi connectivity index (χ1) is 18.4. The van der Waals surface area contributed by atoms with Gasteiger partial charge in [-0.15, -0.1) is 0 Å². The van der Waals surface area contributed by atoms with Crippen LogP contribution in [0.5, 0.6) is 0 Å². The van der Waals surface area contributed by atoms with Gasteiger partial charge in [0.15, 0.2) is 0 Å². The third-order valence-electron chi connectivity index (χ3n) is 6.79. The highest BCUT2D eigenvalue weighted by atomic mass is 19.4. The van der Waals surface area contributed by atoms with Crippen LogP contribution >= 0.6 is 0 Å². The molecule has 0 saturated heterocycles. The number of hydrogen-bond donors (Lipinski definition) is 0. The lowest BCUT2D eigenvalue weighted by Gasteiger charge is -2.23. The van der Waals surface area contributed by atoms with E-state index in [4.69, 9.17) is 0 Å². The maximum absolute atomic E-state index is 14.3. The zero-order chi connectivity index (χ0) is 26.4. The van der Waals surface area contributed by atoms with E-state index in [2.05, 4.69) is 4.98 Å². The monoisotopic (exact) mass is 506 g/mol. The fourth-order valence-electron chi connectivity index (χ4n) is 5.21. The molecule has 0 fully saturated rings. The molecule has 0 aliphatic rings. The van der Waals surface area contributed by atoms with Gasteiger partial charge in [-0.3, -0.25) is 14.3 Å². The predicted molar refractivity (Wildman–Crippen MR) is 145 cm³/mol. The van der Waals surface area contributed by atoms with E-state index < -0.39 is 11.7 Å². The van der Waals surface area contributed by atoms with Gasteiger partial charge in [-0.2, -0.15) is 13.2 Å². The first-order valence-corrected chi connectivity index (χ1v) is 12.1. The molecule has 186 valence electrons. The van der Waals surface area contributed by atoms with Gasteiger partial charge in [0.1, 0.15) is 0 Å². The van der Waals surface area contributed by atoms with Crippen molar-refractivity contribution in [3.05, 3.63) is 131 Å². The summed E-state index contributed by atoms with van der Waals surface area (Å²) < 4.78 is 43.7. The zero-order valence-electron chi connectivity index (χ0n) is 20.3. The van der Waals surface area contributed by atoms with Crippen molar-refractivity contribution in [2.24, 2.45) is 0 Å². The van der Waals surface area contributed by atoms with Gasteiger partial charge in [-0.1, -0.05) is 84.9 Å². The predicted octanol–water partition coefficient (Wildman–Crippen LogP) is 8.20. The van der Waals surface area contributed by atoms with Gasteiger partial charge in [0.2, 0.25) is 0 Å². The summed E-state index contributed by atoms with van der Waals surface area (Å²) in [4.78, 5) is 18.7. The fraction of sp³-hybridized carbons (Fsp3) is 0.0625. The molecule has 6 aromatic rings. The van der Waals surface area contributed by atoms with Gasteiger partial charge in [-0.05, 0) is 47.2 Å². The van der Waals surface area contributed by atoms with E-state index in [1.54, 1.807) is 23.6 Å². The average Bonchev–Trinajstić information content (AvgIpc) is 2.93. The van der Waals surface area contributed by atoms with Crippen LogP contribution in [-0.4, -0.2) is 9.55 Å². The van der Waals surface area contributed by atoms with Crippen LogP contribution < -0.4 is 5.56 Å². The van der Waals surface area contributed by atoms with Gasteiger partial charge in [0, 0.05) is 22.5 Å². The van der Waals surface area contributed by atoms with E-state index in [1.807, 2.05) is 72.8 Å². The smallest absolute Gasteiger partial charge is 0.273 e. The van der Waals surface area contributed by atoms with Crippen LogP contribution in [0.3, 0.4) is 0 Å². The lowest BCUT2D eigenvalue weighted by Crippen LogP contribution is -2.23. The van der Waals surface area contributed by atoms with Gasteiger partial charge in [-0.25, -0.2) is 0 Å². The minimum atomic E-state index is -4.57. The Morgan fingerprint density at radius 2 is 1.29 bits per heavy atom. The molecular weight excluding hydrogens is 485 g/mol. The largest absolute Gasteiger partial charge is 0.417 e. The molecule has 4 aromatic carbocycles. The molecule has 0 aliphatic heterocycles. The number of aromatic nitrogens is 2. The van der Waals surface area contributed by atoms with Gasteiger partial charge in [0.05, 0.1) is 22.5 Å². The Balaban J connectivity index is 1.88. The van der Waals surface area contributed by atoms with Gasteiger partial charge >= 0.3 is 6.18 Å². The normalized spacial score (nSPS) is 11.8. The summed E-state index contributed by atoms with van der Waals surface area (Å²) >= 11 is 0. The Labute approximate surface area is 216 Å². The number of nitrogens with zero attached hydrogens (tertiary/aromatic N) is 2. The van der Waals surface area contributed by atoms with Crippen LogP contribution in [0.2, 0.25) is 0 Å². The number of hydrogen-bond acceptors (Lipinski definition) is 2. The Bertz CT molecular complexity index is 1880. The number of rotatable bonds is 3. The van der Waals surface area contributed by atoms with Crippen LogP contribution in [0.15, 0.2) is 114 Å². The molecule has 2 heterocycles. The minimum Gasteiger partial charge on any atom is -0.273 e. The standard InChI is InChI=1S/C32H21F3N2O/c1-20-19-26(32(33,34)35)25-17-10-18-36-28(25)29(20)37-30(22-13-6-3-7-14-22)27(21-11-4-2-5-12-21)23-15-8-9-16-24(23)31(37)38/h2-19H,1H3. The number of benzene rings is 4. The molecule has 38 heavy (non-hydrogen) atoms. The van der Waals surface area contributed by atoms with E-state index in [9.17, 15) is 18.0 Å². The van der Waals surface area contributed by atoms with Crippen LogP contribution in [0.1, 0.15) is 11.1 Å². The molecule has 6 heteroatoms. The average molecular weight is 507 g/mol. The van der Waals surface area contributed by atoms with Crippen molar-refractivity contribution in [2.75, 3.05) is 0 Å². The molecule has 0 amide bonds. The number of pyridine rings is 2. The molecule has 0 bridgehead atoms. The topological polar surface area (TPSA) is 34.9 Å². The first kappa shape index (κ1) is 23.7. The van der Waals surface area contributed by atoms with Crippen LogP contribution in [-0.2, 0) is 6.18 Å². The summed E-state index contributed by atoms with van der Waals surface area (Å²) in [6, 6.07) is 30.5.